The summed E-state index contributed by atoms with van der Waals surface area (Å²) < 4.78 is 20.7. The van der Waals surface area contributed by atoms with Crippen molar-refractivity contribution in [3.63, 3.8) is 0 Å². The molecule has 5 N–H and O–H groups in total. The Labute approximate surface area is 231 Å². The summed E-state index contributed by atoms with van der Waals surface area (Å²) in [6.07, 6.45) is 0.461. The molecule has 4 rings (SSSR count). The lowest BCUT2D eigenvalue weighted by Gasteiger charge is -2.23. The molecular formula is C29H42FN3O6. The summed E-state index contributed by atoms with van der Waals surface area (Å²) in [6, 6.07) is 15.0. The van der Waals surface area contributed by atoms with Crippen molar-refractivity contribution in [1.82, 2.24) is 10.6 Å². The van der Waals surface area contributed by atoms with E-state index >= 15 is 0 Å². The smallest absolute Gasteiger partial charge is 0.407 e. The van der Waals surface area contributed by atoms with E-state index in [4.69, 9.17) is 11.2 Å². The third kappa shape index (κ3) is 10.8. The van der Waals surface area contributed by atoms with Gasteiger partial charge in [0.2, 0.25) is 0 Å². The van der Waals surface area contributed by atoms with E-state index in [0.717, 1.165) is 18.7 Å². The molecule has 2 heterocycles. The summed E-state index contributed by atoms with van der Waals surface area (Å²) in [5, 5.41) is 33.8. The number of piperidine rings is 1. The van der Waals surface area contributed by atoms with Crippen LogP contribution in [0.2, 0.25) is 0 Å². The minimum Gasteiger partial charge on any atom is -0.478 e. The summed E-state index contributed by atoms with van der Waals surface area (Å²) in [6.45, 7) is 8.93. The van der Waals surface area contributed by atoms with Crippen LogP contribution >= 0.6 is 0 Å². The van der Waals surface area contributed by atoms with Crippen LogP contribution in [0.15, 0.2) is 48.5 Å². The van der Waals surface area contributed by atoms with Crippen LogP contribution in [0, 0.1) is 0 Å². The summed E-state index contributed by atoms with van der Waals surface area (Å²) >= 11 is 0. The van der Waals surface area contributed by atoms with Gasteiger partial charge in [-0.05, 0) is 81.9 Å². The molecule has 0 spiro atoms. The van der Waals surface area contributed by atoms with Gasteiger partial charge in [-0.3, -0.25) is 4.39 Å². The van der Waals surface area contributed by atoms with E-state index in [1.54, 1.807) is 17.0 Å². The number of alkyl carbamates (subject to hydrolysis) is 1. The van der Waals surface area contributed by atoms with Crippen molar-refractivity contribution in [2.24, 2.45) is 0 Å². The van der Waals surface area contributed by atoms with Crippen molar-refractivity contribution in [3.05, 3.63) is 65.2 Å². The average Bonchev–Trinajstić information content (AvgIpc) is 3.26. The van der Waals surface area contributed by atoms with Crippen LogP contribution in [0.5, 0.6) is 0 Å². The molecule has 0 aliphatic carbocycles. The van der Waals surface area contributed by atoms with Gasteiger partial charge in [-0.2, -0.15) is 0 Å². The first-order chi connectivity index (χ1) is 18.9. The van der Waals surface area contributed by atoms with Crippen molar-refractivity contribution in [1.29, 1.82) is 0 Å². The van der Waals surface area contributed by atoms with Gasteiger partial charge in [0.1, 0.15) is 5.60 Å². The fourth-order valence-electron chi connectivity index (χ4n) is 4.42. The van der Waals surface area contributed by atoms with Gasteiger partial charge >= 0.3 is 12.1 Å². The summed E-state index contributed by atoms with van der Waals surface area (Å²) in [5.74, 6) is -0.352. The van der Waals surface area contributed by atoms with Gasteiger partial charge in [0.25, 0.3) is 0 Å². The third-order valence-electron chi connectivity index (χ3n) is 6.31. The number of carbonyl (C=O) groups excluding carboxylic acids is 1. The number of nitrogens with zero attached hydrogens (tertiary/aromatic N) is 1. The highest BCUT2D eigenvalue weighted by Gasteiger charge is 2.29. The van der Waals surface area contributed by atoms with Crippen LogP contribution in [0.1, 0.15) is 62.4 Å². The van der Waals surface area contributed by atoms with Gasteiger partial charge in [0.15, 0.2) is 0 Å². The molecule has 0 aromatic heterocycles. The lowest BCUT2D eigenvalue weighted by atomic mass is 9.89. The highest BCUT2D eigenvalue weighted by Crippen LogP contribution is 2.26. The Bertz CT molecular complexity index is 1070. The topological polar surface area (TPSA) is 131 Å². The first-order valence-electron chi connectivity index (χ1n) is 13.7. The predicted molar refractivity (Wildman–Crippen MR) is 149 cm³/mol. The predicted octanol–water partition coefficient (Wildman–Crippen LogP) is 3.69. The number of benzene rings is 2. The minimum atomic E-state index is -1.00. The van der Waals surface area contributed by atoms with Crippen molar-refractivity contribution in [2.45, 2.75) is 63.9 Å². The largest absolute Gasteiger partial charge is 0.478 e. The van der Waals surface area contributed by atoms with Crippen molar-refractivity contribution in [3.8, 4) is 0 Å². The number of ether oxygens (including phenoxy) is 1. The SMILES string of the molecule is CC(C)(C)OC(=O)NCc1cccc(C2CCNCC2)c1.O=C(O)c1cccc(N2CC(O)C(O)C2)c1.[2H]CF. The Morgan fingerprint density at radius 2 is 1.72 bits per heavy atom. The molecule has 2 aromatic rings. The summed E-state index contributed by atoms with van der Waals surface area (Å²) in [5.41, 5.74) is 2.95. The van der Waals surface area contributed by atoms with Crippen molar-refractivity contribution < 1.29 is 35.4 Å². The van der Waals surface area contributed by atoms with Crippen LogP contribution in [0.25, 0.3) is 0 Å². The van der Waals surface area contributed by atoms with E-state index in [0.29, 0.717) is 31.2 Å². The van der Waals surface area contributed by atoms with Crippen LogP contribution in [-0.4, -0.2) is 78.5 Å². The number of amides is 1. The van der Waals surface area contributed by atoms with Gasteiger partial charge in [0.05, 0.1) is 26.3 Å². The lowest BCUT2D eigenvalue weighted by Crippen LogP contribution is -2.32. The zero-order chi connectivity index (χ0) is 29.7. The number of β-amino-alcohol motifs (C(OH)–C–C–N with tert-alkyl or cyclic N) is 2. The maximum absolute atomic E-state index is 11.7. The Balaban J connectivity index is 0.000000262. The molecular weight excluding hydrogens is 505 g/mol. The normalized spacial score (nSPS) is 19.5. The molecule has 0 bridgehead atoms. The number of aliphatic hydroxyl groups excluding tert-OH is 2. The number of aromatic carboxylic acids is 1. The van der Waals surface area contributed by atoms with Gasteiger partial charge in [-0.1, -0.05) is 30.3 Å². The lowest BCUT2D eigenvalue weighted by molar-refractivity contribution is 0.0523. The molecule has 2 atom stereocenters. The summed E-state index contributed by atoms with van der Waals surface area (Å²) in [7, 11) is -1.00. The second-order valence-corrected chi connectivity index (χ2v) is 10.5. The number of carbonyl (C=O) groups is 2. The number of halogens is 1. The van der Waals surface area contributed by atoms with Crippen molar-refractivity contribution >= 4 is 17.7 Å². The monoisotopic (exact) mass is 548 g/mol. The molecule has 2 unspecified atom stereocenters. The molecule has 2 aromatic carbocycles. The maximum Gasteiger partial charge on any atom is 0.407 e. The highest BCUT2D eigenvalue weighted by molar-refractivity contribution is 5.88. The zero-order valence-electron chi connectivity index (χ0n) is 23.9. The Hall–Kier alpha value is -3.21. The second-order valence-electron chi connectivity index (χ2n) is 10.5. The van der Waals surface area contributed by atoms with Gasteiger partial charge < -0.3 is 35.6 Å². The Morgan fingerprint density at radius 1 is 1.10 bits per heavy atom. The van der Waals surface area contributed by atoms with Crippen LogP contribution in [-0.2, 0) is 11.3 Å². The standard InChI is InChI=1S/C17H26N2O2.C11H13NO4.CH3F/c1-17(2,3)21-16(20)19-12-13-5-4-6-15(11-13)14-7-9-18-10-8-14;13-9-5-12(6-10(9)14)8-3-1-2-7(4-8)11(15)16;1-2/h4-6,11,14,18H,7-10,12H2,1-3H3,(H,19,20);1-4,9-10,13-14H,5-6H2,(H,15,16);1H3/i;;1D. The number of carboxylic acids is 1. The first kappa shape index (κ1) is 30.3. The third-order valence-corrected chi connectivity index (χ3v) is 6.31. The van der Waals surface area contributed by atoms with Gasteiger partial charge in [-0.15, -0.1) is 0 Å². The van der Waals surface area contributed by atoms with E-state index in [1.165, 1.54) is 30.5 Å². The molecule has 39 heavy (non-hydrogen) atoms. The number of anilines is 1. The fraction of sp³-hybridized carbons (Fsp3) is 0.517. The molecule has 0 radical (unpaired) electrons. The summed E-state index contributed by atoms with van der Waals surface area (Å²) in [4.78, 5) is 24.2. The van der Waals surface area contributed by atoms with Gasteiger partial charge in [0, 0.05) is 25.3 Å². The molecule has 10 heteroatoms. The number of aliphatic hydroxyl groups is 2. The van der Waals surface area contributed by atoms with Crippen LogP contribution in [0.4, 0.5) is 14.9 Å². The van der Waals surface area contributed by atoms with E-state index in [2.05, 4.69) is 28.8 Å². The quantitative estimate of drug-likeness (QED) is 0.382. The molecule has 9 nitrogen and oxygen atoms in total. The molecule has 2 aliphatic rings. The Morgan fingerprint density at radius 3 is 2.31 bits per heavy atom. The number of rotatable bonds is 5. The zero-order valence-corrected chi connectivity index (χ0v) is 22.9. The number of hydrogen-bond acceptors (Lipinski definition) is 7. The van der Waals surface area contributed by atoms with Gasteiger partial charge in [-0.25, -0.2) is 9.59 Å². The molecule has 2 saturated heterocycles. The van der Waals surface area contributed by atoms with Crippen LogP contribution < -0.4 is 15.5 Å². The average molecular weight is 549 g/mol. The van der Waals surface area contributed by atoms with E-state index in [1.807, 2.05) is 26.8 Å². The second kappa shape index (κ2) is 15.4. The molecule has 2 aliphatic heterocycles. The van der Waals surface area contributed by atoms with Crippen molar-refractivity contribution in [2.75, 3.05) is 38.2 Å². The number of alkyl halides is 1. The van der Waals surface area contributed by atoms with E-state index in [-0.39, 0.29) is 11.7 Å². The van der Waals surface area contributed by atoms with Crippen LogP contribution in [0.3, 0.4) is 0 Å². The fourth-order valence-corrected chi connectivity index (χ4v) is 4.42. The first-order valence-corrected chi connectivity index (χ1v) is 13.0. The number of hydrogen-bond donors (Lipinski definition) is 5. The Kier molecular flexibility index (Phi) is 12.0. The number of carboxylic acid groups (broad SMARTS) is 1. The minimum absolute atomic E-state index is 0.202. The van der Waals surface area contributed by atoms with E-state index in [9.17, 15) is 24.2 Å². The molecule has 216 valence electrons. The maximum atomic E-state index is 11.7. The molecule has 0 saturated carbocycles. The number of nitrogens with one attached hydrogen (secondary N) is 2. The molecule has 2 fully saturated rings. The highest BCUT2D eigenvalue weighted by atomic mass is 19.1. The van der Waals surface area contributed by atoms with E-state index < -0.39 is 30.9 Å². The molecule has 1 amide bonds.